The highest BCUT2D eigenvalue weighted by atomic mass is 16.3. The topological polar surface area (TPSA) is 50.1 Å². The molecule has 0 aliphatic heterocycles. The molecule has 0 saturated heterocycles. The van der Waals surface area contributed by atoms with Crippen molar-refractivity contribution in [2.45, 2.75) is 53.2 Å². The number of nitrogens with one attached hydrogen (secondary N) is 1. The van der Waals surface area contributed by atoms with Gasteiger partial charge in [-0.05, 0) is 18.8 Å². The first-order chi connectivity index (χ1) is 7.94. The van der Waals surface area contributed by atoms with Gasteiger partial charge in [0.05, 0.1) is 12.8 Å². The van der Waals surface area contributed by atoms with Crippen molar-refractivity contribution in [1.82, 2.24) is 15.1 Å². The van der Waals surface area contributed by atoms with E-state index in [1.54, 1.807) is 0 Å². The summed E-state index contributed by atoms with van der Waals surface area (Å²) in [6.07, 6.45) is 4.88. The number of hydrogen-bond acceptors (Lipinski definition) is 3. The fourth-order valence-electron chi connectivity index (χ4n) is 1.87. The summed E-state index contributed by atoms with van der Waals surface area (Å²) in [5, 5.41) is 16.9. The standard InChI is InChI=1S/C13H25N3O/c1-5-16-9-11(8-15-16)7-14-12(10-17)6-13(2,3)4/h8-9,12,14,17H,5-7,10H2,1-4H3. The predicted octanol–water partition coefficient (Wildman–Crippen LogP) is 1.79. The van der Waals surface area contributed by atoms with Crippen LogP contribution in [0.2, 0.25) is 0 Å². The van der Waals surface area contributed by atoms with Gasteiger partial charge in [-0.15, -0.1) is 0 Å². The van der Waals surface area contributed by atoms with E-state index in [9.17, 15) is 5.11 Å². The van der Waals surface area contributed by atoms with E-state index >= 15 is 0 Å². The van der Waals surface area contributed by atoms with Gasteiger partial charge in [0.25, 0.3) is 0 Å². The summed E-state index contributed by atoms with van der Waals surface area (Å²) in [5.74, 6) is 0. The number of nitrogens with zero attached hydrogens (tertiary/aromatic N) is 2. The van der Waals surface area contributed by atoms with Gasteiger partial charge in [-0.3, -0.25) is 4.68 Å². The molecule has 0 saturated carbocycles. The Labute approximate surface area is 104 Å². The lowest BCUT2D eigenvalue weighted by Gasteiger charge is -2.25. The van der Waals surface area contributed by atoms with Gasteiger partial charge in [-0.1, -0.05) is 20.8 Å². The lowest BCUT2D eigenvalue weighted by molar-refractivity contribution is 0.198. The first-order valence-electron chi connectivity index (χ1n) is 6.30. The van der Waals surface area contributed by atoms with Gasteiger partial charge in [-0.2, -0.15) is 5.10 Å². The summed E-state index contributed by atoms with van der Waals surface area (Å²) < 4.78 is 1.91. The largest absolute Gasteiger partial charge is 0.395 e. The van der Waals surface area contributed by atoms with Crippen LogP contribution in [-0.4, -0.2) is 27.5 Å². The highest BCUT2D eigenvalue weighted by Crippen LogP contribution is 2.20. The van der Waals surface area contributed by atoms with E-state index in [0.29, 0.717) is 0 Å². The maximum atomic E-state index is 9.34. The van der Waals surface area contributed by atoms with Crippen molar-refractivity contribution in [3.63, 3.8) is 0 Å². The molecule has 1 atom stereocenters. The van der Waals surface area contributed by atoms with Crippen LogP contribution in [-0.2, 0) is 13.1 Å². The van der Waals surface area contributed by atoms with Gasteiger partial charge < -0.3 is 10.4 Å². The minimum absolute atomic E-state index is 0.153. The zero-order chi connectivity index (χ0) is 12.9. The molecule has 1 aromatic rings. The van der Waals surface area contributed by atoms with Crippen LogP contribution in [0.4, 0.5) is 0 Å². The quantitative estimate of drug-likeness (QED) is 0.795. The fraction of sp³-hybridized carbons (Fsp3) is 0.769. The fourth-order valence-corrected chi connectivity index (χ4v) is 1.87. The maximum Gasteiger partial charge on any atom is 0.0584 e. The number of aliphatic hydroxyl groups excluding tert-OH is 1. The summed E-state index contributed by atoms with van der Waals surface area (Å²) in [4.78, 5) is 0. The summed E-state index contributed by atoms with van der Waals surface area (Å²) in [7, 11) is 0. The minimum Gasteiger partial charge on any atom is -0.395 e. The number of rotatable bonds is 6. The second kappa shape index (κ2) is 6.17. The first kappa shape index (κ1) is 14.2. The van der Waals surface area contributed by atoms with Crippen LogP contribution in [0.15, 0.2) is 12.4 Å². The van der Waals surface area contributed by atoms with Crippen molar-refractivity contribution in [3.8, 4) is 0 Å². The SMILES string of the molecule is CCn1cc(CNC(CO)CC(C)(C)C)cn1. The van der Waals surface area contributed by atoms with E-state index in [4.69, 9.17) is 0 Å². The molecule has 1 aromatic heterocycles. The van der Waals surface area contributed by atoms with Crippen LogP contribution in [0, 0.1) is 5.41 Å². The lowest BCUT2D eigenvalue weighted by atomic mass is 9.88. The van der Waals surface area contributed by atoms with Crippen molar-refractivity contribution in [2.24, 2.45) is 5.41 Å². The maximum absolute atomic E-state index is 9.34. The highest BCUT2D eigenvalue weighted by Gasteiger charge is 2.17. The molecule has 0 bridgehead atoms. The van der Waals surface area contributed by atoms with Gasteiger partial charge in [-0.25, -0.2) is 0 Å². The van der Waals surface area contributed by atoms with Crippen molar-refractivity contribution < 1.29 is 5.11 Å². The van der Waals surface area contributed by atoms with Gasteiger partial charge in [0.2, 0.25) is 0 Å². The molecular weight excluding hydrogens is 214 g/mol. The molecule has 0 amide bonds. The molecule has 0 spiro atoms. The molecule has 0 fully saturated rings. The van der Waals surface area contributed by atoms with E-state index in [1.165, 1.54) is 5.56 Å². The van der Waals surface area contributed by atoms with E-state index < -0.39 is 0 Å². The van der Waals surface area contributed by atoms with Crippen LogP contribution in [0.3, 0.4) is 0 Å². The number of aromatic nitrogens is 2. The third-order valence-electron chi connectivity index (χ3n) is 2.68. The van der Waals surface area contributed by atoms with Gasteiger partial charge >= 0.3 is 0 Å². The summed E-state index contributed by atoms with van der Waals surface area (Å²) in [6.45, 7) is 10.5. The minimum atomic E-state index is 0.153. The Morgan fingerprint density at radius 3 is 2.65 bits per heavy atom. The van der Waals surface area contributed by atoms with E-state index in [1.807, 2.05) is 17.1 Å². The zero-order valence-corrected chi connectivity index (χ0v) is 11.4. The van der Waals surface area contributed by atoms with Gasteiger partial charge in [0.1, 0.15) is 0 Å². The summed E-state index contributed by atoms with van der Waals surface area (Å²) >= 11 is 0. The smallest absolute Gasteiger partial charge is 0.0584 e. The molecule has 0 aliphatic rings. The lowest BCUT2D eigenvalue weighted by Crippen LogP contribution is -2.35. The van der Waals surface area contributed by atoms with E-state index in [0.717, 1.165) is 19.5 Å². The summed E-state index contributed by atoms with van der Waals surface area (Å²) in [6, 6.07) is 0.153. The Morgan fingerprint density at radius 1 is 1.47 bits per heavy atom. The van der Waals surface area contributed by atoms with Crippen LogP contribution in [0.5, 0.6) is 0 Å². The average Bonchev–Trinajstić information content (AvgIpc) is 2.70. The predicted molar refractivity (Wildman–Crippen MR) is 69.7 cm³/mol. The third-order valence-corrected chi connectivity index (χ3v) is 2.68. The number of aryl methyl sites for hydroxylation is 1. The third kappa shape index (κ3) is 5.33. The molecule has 17 heavy (non-hydrogen) atoms. The normalized spacial score (nSPS) is 13.9. The van der Waals surface area contributed by atoms with E-state index in [-0.39, 0.29) is 18.1 Å². The molecular formula is C13H25N3O. The van der Waals surface area contributed by atoms with Crippen molar-refractivity contribution in [2.75, 3.05) is 6.61 Å². The molecule has 0 aliphatic carbocycles. The van der Waals surface area contributed by atoms with Crippen molar-refractivity contribution >= 4 is 0 Å². The Hall–Kier alpha value is -0.870. The van der Waals surface area contributed by atoms with Crippen LogP contribution < -0.4 is 5.32 Å². The Morgan fingerprint density at radius 2 is 2.18 bits per heavy atom. The molecule has 0 aromatic carbocycles. The first-order valence-corrected chi connectivity index (χ1v) is 6.30. The molecule has 4 nitrogen and oxygen atoms in total. The second-order valence-corrected chi connectivity index (χ2v) is 5.73. The molecule has 1 rings (SSSR count). The zero-order valence-electron chi connectivity index (χ0n) is 11.4. The highest BCUT2D eigenvalue weighted by molar-refractivity contribution is 5.03. The molecule has 0 radical (unpaired) electrons. The van der Waals surface area contributed by atoms with Gasteiger partial charge in [0.15, 0.2) is 0 Å². The summed E-state index contributed by atoms with van der Waals surface area (Å²) in [5.41, 5.74) is 1.40. The van der Waals surface area contributed by atoms with Crippen LogP contribution in [0.25, 0.3) is 0 Å². The van der Waals surface area contributed by atoms with Crippen molar-refractivity contribution in [1.29, 1.82) is 0 Å². The van der Waals surface area contributed by atoms with E-state index in [2.05, 4.69) is 38.1 Å². The monoisotopic (exact) mass is 239 g/mol. The average molecular weight is 239 g/mol. The Bertz CT molecular complexity index is 328. The molecule has 98 valence electrons. The molecule has 4 heteroatoms. The van der Waals surface area contributed by atoms with Gasteiger partial charge in [0, 0.05) is 30.9 Å². The molecule has 1 heterocycles. The van der Waals surface area contributed by atoms with Crippen LogP contribution in [0.1, 0.15) is 39.7 Å². The van der Waals surface area contributed by atoms with Crippen molar-refractivity contribution in [3.05, 3.63) is 18.0 Å². The number of hydrogen-bond donors (Lipinski definition) is 2. The van der Waals surface area contributed by atoms with Crippen LogP contribution >= 0.6 is 0 Å². The number of aliphatic hydroxyl groups is 1. The second-order valence-electron chi connectivity index (χ2n) is 5.73. The Kier molecular flexibility index (Phi) is 5.15. The molecule has 2 N–H and O–H groups in total. The Balaban J connectivity index is 2.42. The molecule has 1 unspecified atom stereocenters.